The van der Waals surface area contributed by atoms with Crippen molar-refractivity contribution in [2.45, 2.75) is 66.7 Å². The largest absolute Gasteiger partial charge is 0.317 e. The molecule has 1 saturated heterocycles. The number of hydrogen-bond donors (Lipinski definition) is 1. The minimum atomic E-state index is 0.583. The first kappa shape index (κ1) is 18.0. The van der Waals surface area contributed by atoms with Gasteiger partial charge in [0.2, 0.25) is 0 Å². The van der Waals surface area contributed by atoms with Crippen LogP contribution >= 0.6 is 0 Å². The maximum atomic E-state index is 3.53. The molecule has 1 rings (SSSR count). The Balaban J connectivity index is 2.55. The molecule has 1 heterocycles. The molecule has 0 atom stereocenters. The van der Waals surface area contributed by atoms with E-state index in [9.17, 15) is 0 Å². The quantitative estimate of drug-likeness (QED) is 0.683. The summed E-state index contributed by atoms with van der Waals surface area (Å²) >= 11 is 0. The molecule has 1 N–H and O–H groups in total. The van der Waals surface area contributed by atoms with E-state index in [2.05, 4.69) is 44.8 Å². The Morgan fingerprint density at radius 1 is 0.950 bits per heavy atom. The molecule has 0 aromatic rings. The first-order valence-corrected chi connectivity index (χ1v) is 8.90. The summed E-state index contributed by atoms with van der Waals surface area (Å²) in [6, 6.07) is 0. The van der Waals surface area contributed by atoms with E-state index >= 15 is 0 Å². The summed E-state index contributed by atoms with van der Waals surface area (Å²) in [5, 5.41) is 3.53. The van der Waals surface area contributed by atoms with Crippen molar-refractivity contribution in [2.24, 2.45) is 17.3 Å². The maximum absolute atomic E-state index is 3.53. The van der Waals surface area contributed by atoms with Crippen LogP contribution in [0.15, 0.2) is 0 Å². The first-order valence-electron chi connectivity index (χ1n) is 8.90. The normalized spacial score (nSPS) is 19.2. The summed E-state index contributed by atoms with van der Waals surface area (Å²) in [5.74, 6) is 1.64. The van der Waals surface area contributed by atoms with Gasteiger partial charge in [-0.2, -0.15) is 0 Å². The van der Waals surface area contributed by atoms with Gasteiger partial charge >= 0.3 is 0 Å². The van der Waals surface area contributed by atoms with Crippen LogP contribution in [0.4, 0.5) is 0 Å². The van der Waals surface area contributed by atoms with Crippen LogP contribution in [-0.4, -0.2) is 37.6 Å². The summed E-state index contributed by atoms with van der Waals surface area (Å²) in [6.07, 6.45) is 6.76. The van der Waals surface area contributed by atoms with Crippen LogP contribution in [0, 0.1) is 17.3 Å². The van der Waals surface area contributed by atoms with Crippen molar-refractivity contribution >= 4 is 0 Å². The molecule has 120 valence electrons. The molecule has 1 aliphatic rings. The molecule has 0 spiro atoms. The smallest absolute Gasteiger partial charge is 0.00388 e. The van der Waals surface area contributed by atoms with E-state index in [1.807, 2.05) is 0 Å². The van der Waals surface area contributed by atoms with Crippen molar-refractivity contribution in [1.82, 2.24) is 10.2 Å². The zero-order chi connectivity index (χ0) is 15.0. The second-order valence-electron chi connectivity index (χ2n) is 7.74. The second-order valence-corrected chi connectivity index (χ2v) is 7.74. The molecule has 0 saturated carbocycles. The summed E-state index contributed by atoms with van der Waals surface area (Å²) < 4.78 is 0. The highest BCUT2D eigenvalue weighted by Gasteiger charge is 2.31. The van der Waals surface area contributed by atoms with E-state index in [-0.39, 0.29) is 0 Å². The maximum Gasteiger partial charge on any atom is 0.00388 e. The minimum Gasteiger partial charge on any atom is -0.317 e. The fraction of sp³-hybridized carbons (Fsp3) is 1.00. The molecular weight excluding hydrogens is 244 g/mol. The van der Waals surface area contributed by atoms with Crippen molar-refractivity contribution in [3.8, 4) is 0 Å². The number of nitrogens with zero attached hydrogens (tertiary/aromatic N) is 1. The third-order valence-electron chi connectivity index (χ3n) is 5.02. The molecule has 1 fully saturated rings. The van der Waals surface area contributed by atoms with Gasteiger partial charge in [0, 0.05) is 6.54 Å². The summed E-state index contributed by atoms with van der Waals surface area (Å²) in [5.41, 5.74) is 0.583. The molecule has 0 radical (unpaired) electrons. The SMILES string of the molecule is CCC1(CN(CCC(C)C)CCC(C)C)CCNCC1. The van der Waals surface area contributed by atoms with Gasteiger partial charge in [-0.15, -0.1) is 0 Å². The van der Waals surface area contributed by atoms with Crippen LogP contribution in [-0.2, 0) is 0 Å². The van der Waals surface area contributed by atoms with E-state index in [1.165, 1.54) is 64.8 Å². The molecule has 2 heteroatoms. The summed E-state index contributed by atoms with van der Waals surface area (Å²) in [7, 11) is 0. The molecule has 20 heavy (non-hydrogen) atoms. The van der Waals surface area contributed by atoms with E-state index in [4.69, 9.17) is 0 Å². The highest BCUT2D eigenvalue weighted by molar-refractivity contribution is 4.86. The van der Waals surface area contributed by atoms with E-state index in [1.54, 1.807) is 0 Å². The molecule has 0 aromatic carbocycles. The molecule has 0 amide bonds. The molecular formula is C18H38N2. The van der Waals surface area contributed by atoms with Crippen molar-refractivity contribution in [3.63, 3.8) is 0 Å². The lowest BCUT2D eigenvalue weighted by atomic mass is 9.76. The topological polar surface area (TPSA) is 15.3 Å². The van der Waals surface area contributed by atoms with Crippen LogP contribution in [0.2, 0.25) is 0 Å². The van der Waals surface area contributed by atoms with Gasteiger partial charge in [-0.1, -0.05) is 34.6 Å². The average molecular weight is 283 g/mol. The fourth-order valence-electron chi connectivity index (χ4n) is 3.21. The Hall–Kier alpha value is -0.0800. The number of hydrogen-bond acceptors (Lipinski definition) is 2. The van der Waals surface area contributed by atoms with Gasteiger partial charge < -0.3 is 10.2 Å². The van der Waals surface area contributed by atoms with Gasteiger partial charge in [-0.05, 0) is 75.5 Å². The third kappa shape index (κ3) is 6.58. The second kappa shape index (κ2) is 9.04. The number of nitrogens with one attached hydrogen (secondary N) is 1. The van der Waals surface area contributed by atoms with Gasteiger partial charge in [-0.3, -0.25) is 0 Å². The van der Waals surface area contributed by atoms with E-state index in [0.717, 1.165) is 11.8 Å². The molecule has 0 bridgehead atoms. The van der Waals surface area contributed by atoms with Crippen molar-refractivity contribution < 1.29 is 0 Å². The Kier molecular flexibility index (Phi) is 8.13. The Morgan fingerprint density at radius 2 is 1.45 bits per heavy atom. The van der Waals surface area contributed by atoms with Crippen LogP contribution in [0.25, 0.3) is 0 Å². The predicted octanol–water partition coefficient (Wildman–Crippen LogP) is 4.16. The lowest BCUT2D eigenvalue weighted by Gasteiger charge is -2.41. The molecule has 0 unspecified atom stereocenters. The fourth-order valence-corrected chi connectivity index (χ4v) is 3.21. The Bertz CT molecular complexity index is 230. The van der Waals surface area contributed by atoms with Gasteiger partial charge in [0.25, 0.3) is 0 Å². The molecule has 2 nitrogen and oxygen atoms in total. The number of rotatable bonds is 9. The highest BCUT2D eigenvalue weighted by Crippen LogP contribution is 2.33. The minimum absolute atomic E-state index is 0.583. The van der Waals surface area contributed by atoms with Crippen molar-refractivity contribution in [3.05, 3.63) is 0 Å². The van der Waals surface area contributed by atoms with Crippen molar-refractivity contribution in [1.29, 1.82) is 0 Å². The van der Waals surface area contributed by atoms with Gasteiger partial charge in [0.15, 0.2) is 0 Å². The predicted molar refractivity (Wildman–Crippen MR) is 90.2 cm³/mol. The Morgan fingerprint density at radius 3 is 1.85 bits per heavy atom. The van der Waals surface area contributed by atoms with E-state index in [0.29, 0.717) is 5.41 Å². The van der Waals surface area contributed by atoms with Gasteiger partial charge in [-0.25, -0.2) is 0 Å². The first-order chi connectivity index (χ1) is 9.47. The highest BCUT2D eigenvalue weighted by atomic mass is 15.1. The summed E-state index contributed by atoms with van der Waals surface area (Å²) in [6.45, 7) is 18.1. The molecule has 1 aliphatic heterocycles. The standard InChI is InChI=1S/C18H38N2/c1-6-18(9-11-19-12-10-18)15-20(13-7-16(2)3)14-8-17(4)5/h16-17,19H,6-15H2,1-5H3. The Labute approximate surface area is 127 Å². The molecule has 0 aliphatic carbocycles. The van der Waals surface area contributed by atoms with E-state index < -0.39 is 0 Å². The third-order valence-corrected chi connectivity index (χ3v) is 5.02. The van der Waals surface area contributed by atoms with Gasteiger partial charge in [0.05, 0.1) is 0 Å². The zero-order valence-electron chi connectivity index (χ0n) is 14.7. The van der Waals surface area contributed by atoms with Crippen LogP contribution in [0.3, 0.4) is 0 Å². The molecule has 0 aromatic heterocycles. The van der Waals surface area contributed by atoms with Crippen LogP contribution in [0.5, 0.6) is 0 Å². The van der Waals surface area contributed by atoms with Crippen LogP contribution in [0.1, 0.15) is 66.7 Å². The average Bonchev–Trinajstić information content (AvgIpc) is 2.42. The number of piperidine rings is 1. The summed E-state index contributed by atoms with van der Waals surface area (Å²) in [4.78, 5) is 2.77. The van der Waals surface area contributed by atoms with Gasteiger partial charge in [0.1, 0.15) is 0 Å². The lowest BCUT2D eigenvalue weighted by molar-refractivity contribution is 0.0995. The van der Waals surface area contributed by atoms with Crippen molar-refractivity contribution in [2.75, 3.05) is 32.7 Å². The monoisotopic (exact) mass is 282 g/mol. The zero-order valence-corrected chi connectivity index (χ0v) is 14.7. The lowest BCUT2D eigenvalue weighted by Crippen LogP contribution is -2.45. The van der Waals surface area contributed by atoms with Crippen LogP contribution < -0.4 is 5.32 Å².